The zero-order valence-corrected chi connectivity index (χ0v) is 14.3. The van der Waals surface area contributed by atoms with Gasteiger partial charge < -0.3 is 19.3 Å². The first-order valence-electron chi connectivity index (χ1n) is 8.06. The van der Waals surface area contributed by atoms with E-state index in [4.69, 9.17) is 9.47 Å². The number of rotatable bonds is 2. The molecular weight excluding hydrogens is 308 g/mol. The summed E-state index contributed by atoms with van der Waals surface area (Å²) in [7, 11) is 3.44. The average Bonchev–Trinajstić information content (AvgIpc) is 2.83. The van der Waals surface area contributed by atoms with E-state index in [2.05, 4.69) is 27.9 Å². The van der Waals surface area contributed by atoms with Crippen LogP contribution in [0.1, 0.15) is 21.6 Å². The minimum atomic E-state index is -0.472. The molecule has 2 aliphatic heterocycles. The van der Waals surface area contributed by atoms with Crippen LogP contribution in [-0.4, -0.2) is 68.9 Å². The van der Waals surface area contributed by atoms with Gasteiger partial charge in [0.2, 0.25) is 0 Å². The van der Waals surface area contributed by atoms with E-state index < -0.39 is 5.97 Å². The Labute approximate surface area is 141 Å². The Morgan fingerprint density at radius 1 is 1.42 bits per heavy atom. The van der Waals surface area contributed by atoms with Crippen LogP contribution in [0, 0.1) is 24.2 Å². The minimum Gasteiger partial charge on any atom is -0.465 e. The molecule has 0 saturated carbocycles. The molecule has 0 aromatic carbocycles. The van der Waals surface area contributed by atoms with Crippen molar-refractivity contribution in [1.82, 2.24) is 9.88 Å². The van der Waals surface area contributed by atoms with Gasteiger partial charge in [0, 0.05) is 25.6 Å². The van der Waals surface area contributed by atoms with Crippen molar-refractivity contribution in [3.8, 4) is 6.07 Å². The molecule has 1 aromatic rings. The highest BCUT2D eigenvalue weighted by Gasteiger charge is 2.34. The molecule has 0 amide bonds. The average molecular weight is 330 g/mol. The molecule has 0 N–H and O–H groups in total. The lowest BCUT2D eigenvalue weighted by Gasteiger charge is -2.31. The van der Waals surface area contributed by atoms with Crippen LogP contribution in [0.15, 0.2) is 6.07 Å². The maximum Gasteiger partial charge on any atom is 0.339 e. The molecule has 3 heterocycles. The fourth-order valence-corrected chi connectivity index (χ4v) is 3.55. The first-order valence-corrected chi connectivity index (χ1v) is 8.06. The number of aryl methyl sites for hydroxylation is 1. The van der Waals surface area contributed by atoms with Gasteiger partial charge in [-0.15, -0.1) is 0 Å². The maximum atomic E-state index is 11.9. The van der Waals surface area contributed by atoms with E-state index in [0.29, 0.717) is 35.2 Å². The number of hydrogen-bond donors (Lipinski definition) is 0. The summed E-state index contributed by atoms with van der Waals surface area (Å²) < 4.78 is 10.6. The molecule has 7 heteroatoms. The molecule has 7 nitrogen and oxygen atoms in total. The molecule has 2 aliphatic rings. The summed E-state index contributed by atoms with van der Waals surface area (Å²) in [6, 6.07) is 3.91. The normalized spacial score (nSPS) is 24.2. The number of fused-ring (bicyclic) bond motifs is 3. The van der Waals surface area contributed by atoms with Crippen molar-refractivity contribution in [3.05, 3.63) is 22.9 Å². The number of ether oxygens (including phenoxy) is 2. The number of esters is 1. The zero-order chi connectivity index (χ0) is 17.3. The summed E-state index contributed by atoms with van der Waals surface area (Å²) in [4.78, 5) is 20.9. The number of aromatic nitrogens is 1. The summed E-state index contributed by atoms with van der Waals surface area (Å²) >= 11 is 0. The highest BCUT2D eigenvalue weighted by atomic mass is 16.5. The molecule has 0 unspecified atom stereocenters. The summed E-state index contributed by atoms with van der Waals surface area (Å²) in [6.45, 7) is 5.73. The van der Waals surface area contributed by atoms with Gasteiger partial charge >= 0.3 is 5.97 Å². The van der Waals surface area contributed by atoms with Crippen LogP contribution < -0.4 is 4.90 Å². The van der Waals surface area contributed by atoms with Crippen LogP contribution >= 0.6 is 0 Å². The number of likely N-dealkylation sites (N-methyl/N-ethyl adjacent to an activating group) is 1. The molecule has 2 bridgehead atoms. The van der Waals surface area contributed by atoms with Gasteiger partial charge in [0.25, 0.3) is 0 Å². The van der Waals surface area contributed by atoms with Gasteiger partial charge in [0.15, 0.2) is 0 Å². The van der Waals surface area contributed by atoms with Crippen LogP contribution in [-0.2, 0) is 9.47 Å². The van der Waals surface area contributed by atoms with Gasteiger partial charge in [0.05, 0.1) is 43.2 Å². The third-order valence-electron chi connectivity index (χ3n) is 4.64. The van der Waals surface area contributed by atoms with Crippen molar-refractivity contribution in [2.75, 3.05) is 51.9 Å². The lowest BCUT2D eigenvalue weighted by molar-refractivity contribution is 0.0599. The van der Waals surface area contributed by atoms with Gasteiger partial charge in [-0.1, -0.05) is 0 Å². The van der Waals surface area contributed by atoms with Crippen LogP contribution in [0.25, 0.3) is 0 Å². The molecular formula is C17H22N4O3. The standard InChI is InChI=1S/C17H22N4O3/c1-11-15(17(22)23-3)4-13(5-18)16(19-11)21-7-12-6-20(2)8-14(21)10-24-9-12/h4,12,14H,6-10H2,1-3H3/t12-,14-/m0/s1. The van der Waals surface area contributed by atoms with Gasteiger partial charge in [0.1, 0.15) is 11.9 Å². The van der Waals surface area contributed by atoms with Crippen molar-refractivity contribution >= 4 is 11.8 Å². The lowest BCUT2D eigenvalue weighted by atomic mass is 10.1. The van der Waals surface area contributed by atoms with E-state index in [1.165, 1.54) is 7.11 Å². The van der Waals surface area contributed by atoms with Crippen molar-refractivity contribution in [3.63, 3.8) is 0 Å². The van der Waals surface area contributed by atoms with E-state index in [9.17, 15) is 10.1 Å². The van der Waals surface area contributed by atoms with E-state index in [0.717, 1.165) is 26.2 Å². The zero-order valence-electron chi connectivity index (χ0n) is 14.3. The number of carbonyl (C=O) groups excluding carboxylic acids is 1. The maximum absolute atomic E-state index is 11.9. The summed E-state index contributed by atoms with van der Waals surface area (Å²) in [6.07, 6.45) is 0. The molecule has 24 heavy (non-hydrogen) atoms. The van der Waals surface area contributed by atoms with Gasteiger partial charge in [-0.05, 0) is 20.0 Å². The third-order valence-corrected chi connectivity index (χ3v) is 4.64. The van der Waals surface area contributed by atoms with Crippen LogP contribution in [0.4, 0.5) is 5.82 Å². The second-order valence-electron chi connectivity index (χ2n) is 6.53. The molecule has 2 fully saturated rings. The second-order valence-corrected chi connectivity index (χ2v) is 6.53. The summed E-state index contributed by atoms with van der Waals surface area (Å²) in [5, 5.41) is 9.57. The molecule has 2 saturated heterocycles. The van der Waals surface area contributed by atoms with Crippen LogP contribution in [0.2, 0.25) is 0 Å². The molecule has 1 aromatic heterocycles. The van der Waals surface area contributed by atoms with Crippen molar-refractivity contribution in [2.24, 2.45) is 5.92 Å². The Balaban J connectivity index is 2.03. The number of hydrogen-bond acceptors (Lipinski definition) is 7. The smallest absolute Gasteiger partial charge is 0.339 e. The fraction of sp³-hybridized carbons (Fsp3) is 0.588. The van der Waals surface area contributed by atoms with E-state index >= 15 is 0 Å². The fourth-order valence-electron chi connectivity index (χ4n) is 3.55. The van der Waals surface area contributed by atoms with Gasteiger partial charge in [-0.2, -0.15) is 5.26 Å². The predicted octanol–water partition coefficient (Wildman–Crippen LogP) is 0.815. The Kier molecular flexibility index (Phi) is 4.69. The summed E-state index contributed by atoms with van der Waals surface area (Å²) in [5.74, 6) is 0.538. The lowest BCUT2D eigenvalue weighted by Crippen LogP contribution is -2.43. The number of methoxy groups -OCH3 is 1. The largest absolute Gasteiger partial charge is 0.465 e. The number of nitriles is 1. The van der Waals surface area contributed by atoms with Crippen molar-refractivity contribution < 1.29 is 14.3 Å². The highest BCUT2D eigenvalue weighted by molar-refractivity contribution is 5.91. The first kappa shape index (κ1) is 16.7. The molecule has 128 valence electrons. The summed E-state index contributed by atoms with van der Waals surface area (Å²) in [5.41, 5.74) is 1.31. The van der Waals surface area contributed by atoms with Crippen molar-refractivity contribution in [1.29, 1.82) is 5.26 Å². The minimum absolute atomic E-state index is 0.144. The monoisotopic (exact) mass is 330 g/mol. The predicted molar refractivity (Wildman–Crippen MR) is 88.0 cm³/mol. The Morgan fingerprint density at radius 2 is 2.21 bits per heavy atom. The number of carbonyl (C=O) groups is 1. The Hall–Kier alpha value is -2.17. The van der Waals surface area contributed by atoms with Crippen LogP contribution in [0.3, 0.4) is 0 Å². The highest BCUT2D eigenvalue weighted by Crippen LogP contribution is 2.28. The molecule has 0 spiro atoms. The molecule has 0 aliphatic carbocycles. The van der Waals surface area contributed by atoms with Gasteiger partial charge in [-0.3, -0.25) is 0 Å². The van der Waals surface area contributed by atoms with E-state index in [1.807, 2.05) is 0 Å². The molecule has 3 rings (SSSR count). The number of nitrogens with zero attached hydrogens (tertiary/aromatic N) is 4. The number of anilines is 1. The Morgan fingerprint density at radius 3 is 2.92 bits per heavy atom. The number of pyridine rings is 1. The third kappa shape index (κ3) is 3.07. The van der Waals surface area contributed by atoms with Gasteiger partial charge in [-0.25, -0.2) is 9.78 Å². The Bertz CT molecular complexity index is 685. The van der Waals surface area contributed by atoms with E-state index in [-0.39, 0.29) is 6.04 Å². The SMILES string of the molecule is COC(=O)c1cc(C#N)c(N2C[C@H]3COC[C@@H]2CN(C)C3)nc1C. The van der Waals surface area contributed by atoms with Crippen LogP contribution in [0.5, 0.6) is 0 Å². The first-order chi connectivity index (χ1) is 11.5. The topological polar surface area (TPSA) is 78.7 Å². The van der Waals surface area contributed by atoms with E-state index in [1.54, 1.807) is 13.0 Å². The van der Waals surface area contributed by atoms with Crippen molar-refractivity contribution in [2.45, 2.75) is 13.0 Å². The molecule has 0 radical (unpaired) electrons. The second kappa shape index (κ2) is 6.75. The molecule has 2 atom stereocenters. The quantitative estimate of drug-likeness (QED) is 0.743.